The number of benzene rings is 1. The lowest BCUT2D eigenvalue weighted by Crippen LogP contribution is -2.18. The highest BCUT2D eigenvalue weighted by Crippen LogP contribution is 2.28. The van der Waals surface area contributed by atoms with E-state index >= 15 is 0 Å². The lowest BCUT2D eigenvalue weighted by atomic mass is 10.2. The average Bonchev–Trinajstić information content (AvgIpc) is 3.04. The SMILES string of the molecule is O=C(N/N=C\c1ccc(Br)cc1)C1CC1. The van der Waals surface area contributed by atoms with Gasteiger partial charge in [0.1, 0.15) is 0 Å². The number of nitrogens with zero attached hydrogens (tertiary/aromatic N) is 1. The van der Waals surface area contributed by atoms with E-state index in [-0.39, 0.29) is 11.8 Å². The summed E-state index contributed by atoms with van der Waals surface area (Å²) in [7, 11) is 0. The lowest BCUT2D eigenvalue weighted by molar-refractivity contribution is -0.122. The summed E-state index contributed by atoms with van der Waals surface area (Å²) < 4.78 is 1.03. The first-order valence-corrected chi connectivity index (χ1v) is 5.63. The molecule has 0 heterocycles. The second kappa shape index (κ2) is 4.57. The van der Waals surface area contributed by atoms with Crippen molar-refractivity contribution in [3.05, 3.63) is 34.3 Å². The molecule has 1 aromatic carbocycles. The number of hydrogen-bond acceptors (Lipinski definition) is 2. The molecule has 0 saturated heterocycles. The highest BCUT2D eigenvalue weighted by Gasteiger charge is 2.29. The van der Waals surface area contributed by atoms with Gasteiger partial charge < -0.3 is 0 Å². The largest absolute Gasteiger partial charge is 0.273 e. The van der Waals surface area contributed by atoms with Crippen LogP contribution in [0.25, 0.3) is 0 Å². The van der Waals surface area contributed by atoms with Crippen LogP contribution in [0, 0.1) is 5.92 Å². The predicted molar refractivity (Wildman–Crippen MR) is 62.6 cm³/mol. The molecule has 3 nitrogen and oxygen atoms in total. The average molecular weight is 267 g/mol. The van der Waals surface area contributed by atoms with Crippen molar-refractivity contribution in [2.45, 2.75) is 12.8 Å². The van der Waals surface area contributed by atoms with E-state index in [0.29, 0.717) is 0 Å². The van der Waals surface area contributed by atoms with Crippen LogP contribution in [-0.4, -0.2) is 12.1 Å². The molecule has 0 radical (unpaired) electrons. The second-order valence-electron chi connectivity index (χ2n) is 3.56. The molecule has 1 aromatic rings. The van der Waals surface area contributed by atoms with E-state index in [1.54, 1.807) is 6.21 Å². The van der Waals surface area contributed by atoms with Gasteiger partial charge in [-0.25, -0.2) is 5.43 Å². The molecule has 0 atom stereocenters. The van der Waals surface area contributed by atoms with Crippen molar-refractivity contribution in [1.29, 1.82) is 0 Å². The first-order chi connectivity index (χ1) is 7.25. The molecule has 15 heavy (non-hydrogen) atoms. The highest BCUT2D eigenvalue weighted by molar-refractivity contribution is 9.10. The van der Waals surface area contributed by atoms with Crippen molar-refractivity contribution >= 4 is 28.1 Å². The Balaban J connectivity index is 1.87. The van der Waals surface area contributed by atoms with Gasteiger partial charge in [-0.15, -0.1) is 0 Å². The van der Waals surface area contributed by atoms with Crippen molar-refractivity contribution in [2.75, 3.05) is 0 Å². The molecule has 1 N–H and O–H groups in total. The summed E-state index contributed by atoms with van der Waals surface area (Å²) in [6, 6.07) is 7.72. The van der Waals surface area contributed by atoms with Gasteiger partial charge in [0.15, 0.2) is 0 Å². The summed E-state index contributed by atoms with van der Waals surface area (Å²) in [5, 5.41) is 3.89. The molecular formula is C11H11BrN2O. The van der Waals surface area contributed by atoms with Gasteiger partial charge in [0.2, 0.25) is 5.91 Å². The lowest BCUT2D eigenvalue weighted by Gasteiger charge is -1.96. The van der Waals surface area contributed by atoms with E-state index in [0.717, 1.165) is 22.9 Å². The normalized spacial score (nSPS) is 15.5. The highest BCUT2D eigenvalue weighted by atomic mass is 79.9. The third-order valence-electron chi connectivity index (χ3n) is 2.21. The zero-order valence-corrected chi connectivity index (χ0v) is 9.70. The Labute approximate surface area is 96.7 Å². The van der Waals surface area contributed by atoms with Crippen molar-refractivity contribution in [1.82, 2.24) is 5.43 Å². The van der Waals surface area contributed by atoms with Crippen LogP contribution in [0.2, 0.25) is 0 Å². The van der Waals surface area contributed by atoms with Gasteiger partial charge in [0.25, 0.3) is 0 Å². The summed E-state index contributed by atoms with van der Waals surface area (Å²) in [5.74, 6) is 0.232. The summed E-state index contributed by atoms with van der Waals surface area (Å²) in [6.07, 6.45) is 3.64. The maximum atomic E-state index is 11.2. The molecule has 0 aliphatic heterocycles. The minimum Gasteiger partial charge on any atom is -0.273 e. The fraction of sp³-hybridized carbons (Fsp3) is 0.273. The molecule has 1 fully saturated rings. The monoisotopic (exact) mass is 266 g/mol. The van der Waals surface area contributed by atoms with Crippen LogP contribution in [0.1, 0.15) is 18.4 Å². The Morgan fingerprint density at radius 2 is 2.07 bits per heavy atom. The molecule has 1 saturated carbocycles. The third-order valence-corrected chi connectivity index (χ3v) is 2.74. The molecule has 0 aromatic heterocycles. The fourth-order valence-electron chi connectivity index (χ4n) is 1.16. The number of halogens is 1. The van der Waals surface area contributed by atoms with E-state index in [4.69, 9.17) is 0 Å². The van der Waals surface area contributed by atoms with E-state index in [1.165, 1.54) is 0 Å². The minimum absolute atomic E-state index is 0.0309. The van der Waals surface area contributed by atoms with Crippen LogP contribution in [0.5, 0.6) is 0 Å². The van der Waals surface area contributed by atoms with Crippen LogP contribution in [0.4, 0.5) is 0 Å². The van der Waals surface area contributed by atoms with Gasteiger partial charge in [0.05, 0.1) is 6.21 Å². The molecule has 1 amide bonds. The second-order valence-corrected chi connectivity index (χ2v) is 4.48. The van der Waals surface area contributed by atoms with E-state index in [1.807, 2.05) is 24.3 Å². The van der Waals surface area contributed by atoms with Crippen molar-refractivity contribution < 1.29 is 4.79 Å². The smallest absolute Gasteiger partial charge is 0.243 e. The van der Waals surface area contributed by atoms with Crippen LogP contribution < -0.4 is 5.43 Å². The summed E-state index contributed by atoms with van der Waals surface area (Å²) >= 11 is 3.35. The number of carbonyl (C=O) groups excluding carboxylic acids is 1. The maximum absolute atomic E-state index is 11.2. The van der Waals surface area contributed by atoms with E-state index in [9.17, 15) is 4.79 Å². The van der Waals surface area contributed by atoms with E-state index in [2.05, 4.69) is 26.5 Å². The molecule has 1 aliphatic carbocycles. The molecule has 0 bridgehead atoms. The molecule has 1 aliphatic rings. The van der Waals surface area contributed by atoms with Crippen LogP contribution >= 0.6 is 15.9 Å². The van der Waals surface area contributed by atoms with Gasteiger partial charge in [-0.1, -0.05) is 28.1 Å². The molecule has 4 heteroatoms. The predicted octanol–water partition coefficient (Wildman–Crippen LogP) is 2.31. The quantitative estimate of drug-likeness (QED) is 0.662. The maximum Gasteiger partial charge on any atom is 0.243 e. The molecule has 78 valence electrons. The van der Waals surface area contributed by atoms with Gasteiger partial charge in [0, 0.05) is 10.4 Å². The third kappa shape index (κ3) is 3.16. The topological polar surface area (TPSA) is 41.5 Å². The molecular weight excluding hydrogens is 256 g/mol. The number of rotatable bonds is 3. The van der Waals surface area contributed by atoms with E-state index < -0.39 is 0 Å². The molecule has 0 spiro atoms. The summed E-state index contributed by atoms with van der Waals surface area (Å²) in [4.78, 5) is 11.2. The Kier molecular flexibility index (Phi) is 3.16. The standard InChI is InChI=1S/C11H11BrN2O/c12-10-5-1-8(2-6-10)7-13-14-11(15)9-3-4-9/h1-2,5-7,9H,3-4H2,(H,14,15)/b13-7-. The zero-order valence-electron chi connectivity index (χ0n) is 8.11. The zero-order chi connectivity index (χ0) is 10.7. The number of amides is 1. The molecule has 2 rings (SSSR count). The Bertz CT molecular complexity index is 382. The van der Waals surface area contributed by atoms with Crippen LogP contribution in [0.15, 0.2) is 33.8 Å². The number of carbonyl (C=O) groups is 1. The summed E-state index contributed by atoms with van der Waals surface area (Å²) in [5.41, 5.74) is 3.49. The van der Waals surface area contributed by atoms with Crippen molar-refractivity contribution in [3.8, 4) is 0 Å². The van der Waals surface area contributed by atoms with Gasteiger partial charge in [-0.3, -0.25) is 4.79 Å². The Morgan fingerprint density at radius 3 is 2.67 bits per heavy atom. The first-order valence-electron chi connectivity index (χ1n) is 4.84. The summed E-state index contributed by atoms with van der Waals surface area (Å²) in [6.45, 7) is 0. The first kappa shape index (κ1) is 10.4. The van der Waals surface area contributed by atoms with Gasteiger partial charge >= 0.3 is 0 Å². The number of hydrogen-bond donors (Lipinski definition) is 1. The minimum atomic E-state index is 0.0309. The molecule has 0 unspecified atom stereocenters. The Morgan fingerprint density at radius 1 is 1.40 bits per heavy atom. The van der Waals surface area contributed by atoms with Crippen molar-refractivity contribution in [3.63, 3.8) is 0 Å². The Hall–Kier alpha value is -1.16. The van der Waals surface area contributed by atoms with Crippen LogP contribution in [0.3, 0.4) is 0 Å². The van der Waals surface area contributed by atoms with Gasteiger partial charge in [-0.05, 0) is 30.5 Å². The van der Waals surface area contributed by atoms with Crippen LogP contribution in [-0.2, 0) is 4.79 Å². The van der Waals surface area contributed by atoms with Crippen molar-refractivity contribution in [2.24, 2.45) is 11.0 Å². The number of hydrazone groups is 1. The fourth-order valence-corrected chi connectivity index (χ4v) is 1.42. The van der Waals surface area contributed by atoms with Gasteiger partial charge in [-0.2, -0.15) is 5.10 Å². The number of nitrogens with one attached hydrogen (secondary N) is 1.